The molecule has 1 aliphatic heterocycles. The van der Waals surface area contributed by atoms with E-state index in [2.05, 4.69) is 22.9 Å². The number of ether oxygens (including phenoxy) is 2. The van der Waals surface area contributed by atoms with Gasteiger partial charge in [0.2, 0.25) is 0 Å². The number of nitrogens with zero attached hydrogens (tertiary/aromatic N) is 1. The third kappa shape index (κ3) is 4.85. The van der Waals surface area contributed by atoms with E-state index >= 15 is 0 Å². The molecule has 4 nitrogen and oxygen atoms in total. The lowest BCUT2D eigenvalue weighted by Gasteiger charge is -2.33. The van der Waals surface area contributed by atoms with Crippen molar-refractivity contribution in [3.8, 4) is 0 Å². The first-order chi connectivity index (χ1) is 10.3. The normalized spacial score (nSPS) is 33.0. The standard InChI is InChI=1S/C17H30BrNO3/c1-5-12-8-6-7-9-14(12)21-15-11-19(10-13(15)18)16(20)22-17(2,3)4/h12-15H,5-11H2,1-4H3. The summed E-state index contributed by atoms with van der Waals surface area (Å²) in [6.07, 6.45) is 6.38. The molecule has 1 aliphatic carbocycles. The van der Waals surface area contributed by atoms with E-state index in [-0.39, 0.29) is 17.0 Å². The van der Waals surface area contributed by atoms with Crippen molar-refractivity contribution >= 4 is 22.0 Å². The second-order valence-corrected chi connectivity index (χ2v) is 8.74. The molecule has 0 N–H and O–H groups in total. The number of carbonyl (C=O) groups excluding carboxylic acids is 1. The van der Waals surface area contributed by atoms with Crippen LogP contribution in [0.3, 0.4) is 0 Å². The fourth-order valence-electron chi connectivity index (χ4n) is 3.38. The first kappa shape index (κ1) is 18.1. The van der Waals surface area contributed by atoms with E-state index in [1.54, 1.807) is 4.90 Å². The molecule has 1 saturated carbocycles. The van der Waals surface area contributed by atoms with Gasteiger partial charge in [0.1, 0.15) is 5.60 Å². The summed E-state index contributed by atoms with van der Waals surface area (Å²) in [6, 6.07) is 0. The number of amides is 1. The first-order valence-corrected chi connectivity index (χ1v) is 9.49. The van der Waals surface area contributed by atoms with Gasteiger partial charge in [0, 0.05) is 6.54 Å². The molecule has 0 aromatic carbocycles. The van der Waals surface area contributed by atoms with Crippen LogP contribution in [0.2, 0.25) is 0 Å². The molecule has 1 heterocycles. The van der Waals surface area contributed by atoms with E-state index in [4.69, 9.17) is 9.47 Å². The van der Waals surface area contributed by atoms with Crippen LogP contribution in [-0.2, 0) is 9.47 Å². The summed E-state index contributed by atoms with van der Waals surface area (Å²) in [6.45, 7) is 9.22. The van der Waals surface area contributed by atoms with Gasteiger partial charge < -0.3 is 14.4 Å². The average Bonchev–Trinajstić information content (AvgIpc) is 2.79. The molecule has 0 aromatic heterocycles. The third-order valence-corrected chi connectivity index (χ3v) is 5.44. The second kappa shape index (κ2) is 7.52. The zero-order valence-corrected chi connectivity index (χ0v) is 15.9. The first-order valence-electron chi connectivity index (χ1n) is 8.57. The Balaban J connectivity index is 1.89. The van der Waals surface area contributed by atoms with Gasteiger partial charge in [0.25, 0.3) is 0 Å². The topological polar surface area (TPSA) is 38.8 Å². The lowest BCUT2D eigenvalue weighted by Crippen LogP contribution is -2.37. The Labute approximate surface area is 143 Å². The smallest absolute Gasteiger partial charge is 0.410 e. The molecule has 2 aliphatic rings. The molecule has 5 heteroatoms. The van der Waals surface area contributed by atoms with E-state index in [0.717, 1.165) is 6.42 Å². The van der Waals surface area contributed by atoms with Crippen LogP contribution in [0, 0.1) is 5.92 Å². The molecular weight excluding hydrogens is 346 g/mol. The monoisotopic (exact) mass is 375 g/mol. The maximum Gasteiger partial charge on any atom is 0.410 e. The summed E-state index contributed by atoms with van der Waals surface area (Å²) in [5.41, 5.74) is -0.450. The number of alkyl halides is 1. The van der Waals surface area contributed by atoms with E-state index in [0.29, 0.717) is 25.1 Å². The van der Waals surface area contributed by atoms with E-state index < -0.39 is 5.60 Å². The maximum atomic E-state index is 12.2. The van der Waals surface area contributed by atoms with Gasteiger partial charge in [-0.2, -0.15) is 0 Å². The predicted octanol–water partition coefficient (Wildman–Crippen LogP) is 4.35. The van der Waals surface area contributed by atoms with Gasteiger partial charge in [-0.25, -0.2) is 4.79 Å². The fourth-order valence-corrected chi connectivity index (χ4v) is 4.02. The largest absolute Gasteiger partial charge is 0.444 e. The highest BCUT2D eigenvalue weighted by Gasteiger charge is 2.39. The second-order valence-electron chi connectivity index (χ2n) is 7.57. The Hall–Kier alpha value is -0.290. The molecule has 22 heavy (non-hydrogen) atoms. The van der Waals surface area contributed by atoms with E-state index in [1.807, 2.05) is 20.8 Å². The molecule has 4 unspecified atom stereocenters. The number of likely N-dealkylation sites (tertiary alicyclic amines) is 1. The van der Waals surface area contributed by atoms with Crippen LogP contribution in [0.5, 0.6) is 0 Å². The molecule has 2 rings (SSSR count). The van der Waals surface area contributed by atoms with Gasteiger partial charge in [-0.05, 0) is 39.5 Å². The van der Waals surface area contributed by atoms with Crippen molar-refractivity contribution in [1.29, 1.82) is 0 Å². The van der Waals surface area contributed by atoms with Crippen molar-refractivity contribution in [3.05, 3.63) is 0 Å². The van der Waals surface area contributed by atoms with Gasteiger partial charge in [0.15, 0.2) is 0 Å². The van der Waals surface area contributed by atoms with Crippen LogP contribution in [0.1, 0.15) is 59.8 Å². The molecule has 0 spiro atoms. The average molecular weight is 376 g/mol. The molecule has 0 radical (unpaired) electrons. The Morgan fingerprint density at radius 1 is 1.18 bits per heavy atom. The molecule has 1 amide bonds. The van der Waals surface area contributed by atoms with Crippen molar-refractivity contribution in [3.63, 3.8) is 0 Å². The van der Waals surface area contributed by atoms with Gasteiger partial charge in [0.05, 0.1) is 23.6 Å². The van der Waals surface area contributed by atoms with Crippen LogP contribution in [0.15, 0.2) is 0 Å². The van der Waals surface area contributed by atoms with Crippen molar-refractivity contribution in [2.24, 2.45) is 5.92 Å². The minimum atomic E-state index is -0.450. The number of halogens is 1. The molecule has 1 saturated heterocycles. The fraction of sp³-hybridized carbons (Fsp3) is 0.941. The number of rotatable bonds is 3. The van der Waals surface area contributed by atoms with Crippen LogP contribution in [0.25, 0.3) is 0 Å². The summed E-state index contributed by atoms with van der Waals surface area (Å²) in [7, 11) is 0. The van der Waals surface area contributed by atoms with Crippen molar-refractivity contribution < 1.29 is 14.3 Å². The Morgan fingerprint density at radius 3 is 2.50 bits per heavy atom. The third-order valence-electron chi connectivity index (χ3n) is 4.56. The number of hydrogen-bond donors (Lipinski definition) is 0. The van der Waals surface area contributed by atoms with Gasteiger partial charge in [-0.15, -0.1) is 0 Å². The quantitative estimate of drug-likeness (QED) is 0.688. The summed E-state index contributed by atoms with van der Waals surface area (Å²) < 4.78 is 11.8. The summed E-state index contributed by atoms with van der Waals surface area (Å²) >= 11 is 3.69. The van der Waals surface area contributed by atoms with Crippen molar-refractivity contribution in [1.82, 2.24) is 4.90 Å². The highest BCUT2D eigenvalue weighted by atomic mass is 79.9. The lowest BCUT2D eigenvalue weighted by molar-refractivity contribution is -0.0543. The lowest BCUT2D eigenvalue weighted by atomic mass is 9.84. The van der Waals surface area contributed by atoms with E-state index in [9.17, 15) is 4.79 Å². The van der Waals surface area contributed by atoms with Gasteiger partial charge in [-0.3, -0.25) is 0 Å². The molecule has 4 atom stereocenters. The number of carbonyl (C=O) groups is 1. The summed E-state index contributed by atoms with van der Waals surface area (Å²) in [4.78, 5) is 14.1. The van der Waals surface area contributed by atoms with Crippen molar-refractivity contribution in [2.45, 2.75) is 82.4 Å². The van der Waals surface area contributed by atoms with Crippen LogP contribution in [0.4, 0.5) is 4.79 Å². The molecule has 0 bridgehead atoms. The van der Waals surface area contributed by atoms with Gasteiger partial charge >= 0.3 is 6.09 Å². The molecule has 2 fully saturated rings. The zero-order valence-electron chi connectivity index (χ0n) is 14.3. The Bertz CT molecular complexity index is 383. The molecule has 0 aromatic rings. The zero-order chi connectivity index (χ0) is 16.3. The highest BCUT2D eigenvalue weighted by molar-refractivity contribution is 9.09. The predicted molar refractivity (Wildman–Crippen MR) is 91.4 cm³/mol. The minimum Gasteiger partial charge on any atom is -0.444 e. The maximum absolute atomic E-state index is 12.2. The number of hydrogen-bond acceptors (Lipinski definition) is 3. The minimum absolute atomic E-state index is 0.0738. The SMILES string of the molecule is CCC1CCCCC1OC1CN(C(=O)OC(C)(C)C)CC1Br. The Morgan fingerprint density at radius 2 is 1.86 bits per heavy atom. The van der Waals surface area contributed by atoms with Gasteiger partial charge in [-0.1, -0.05) is 42.1 Å². The molecule has 128 valence electrons. The van der Waals surface area contributed by atoms with Crippen LogP contribution >= 0.6 is 15.9 Å². The Kier molecular flexibility index (Phi) is 6.17. The summed E-state index contributed by atoms with van der Waals surface area (Å²) in [5, 5.41) is 0. The van der Waals surface area contributed by atoms with E-state index in [1.165, 1.54) is 25.7 Å². The summed E-state index contributed by atoms with van der Waals surface area (Å²) in [5.74, 6) is 0.670. The highest BCUT2D eigenvalue weighted by Crippen LogP contribution is 2.32. The van der Waals surface area contributed by atoms with Crippen LogP contribution < -0.4 is 0 Å². The van der Waals surface area contributed by atoms with Crippen molar-refractivity contribution in [2.75, 3.05) is 13.1 Å². The van der Waals surface area contributed by atoms with Crippen LogP contribution in [-0.4, -0.2) is 46.7 Å². The molecular formula is C17H30BrNO3.